The van der Waals surface area contributed by atoms with E-state index in [4.69, 9.17) is 0 Å². The normalized spacial score (nSPS) is 17.6. The minimum absolute atomic E-state index is 0.00340. The fraction of sp³-hybridized carbons (Fsp3) is 0.615. The van der Waals surface area contributed by atoms with Gasteiger partial charge in [-0.25, -0.2) is 0 Å². The van der Waals surface area contributed by atoms with Gasteiger partial charge < -0.3 is 14.8 Å². The van der Waals surface area contributed by atoms with Crippen LogP contribution in [0.4, 0.5) is 0 Å². The smallest absolute Gasteiger partial charge is 0.268 e. The first-order valence-corrected chi connectivity index (χ1v) is 7.01. The number of hydrogen-bond acceptors (Lipinski definition) is 2. The Morgan fingerprint density at radius 2 is 2.22 bits per heavy atom. The first kappa shape index (κ1) is 13.6. The molecule has 1 N–H and O–H groups in total. The van der Waals surface area contributed by atoms with Gasteiger partial charge in [-0.15, -0.1) is 0 Å². The largest absolute Gasteiger partial charge is 0.349 e. The van der Waals surface area contributed by atoms with Gasteiger partial charge >= 0.3 is 0 Å². The maximum atomic E-state index is 12.1. The third-order valence-corrected chi connectivity index (χ3v) is 4.45. The van der Waals surface area contributed by atoms with E-state index in [0.717, 1.165) is 23.9 Å². The fourth-order valence-electron chi connectivity index (χ4n) is 2.45. The van der Waals surface area contributed by atoms with Crippen LogP contribution < -0.4 is 5.32 Å². The van der Waals surface area contributed by atoms with Crippen LogP contribution in [0, 0.1) is 0 Å². The molecule has 0 bridgehead atoms. The zero-order valence-electron chi connectivity index (χ0n) is 11.2. The molecular weight excluding hydrogens is 294 g/mol. The summed E-state index contributed by atoms with van der Waals surface area (Å²) in [5, 5.41) is 3.05. The number of nitrogens with zero attached hydrogens (tertiary/aromatic N) is 2. The molecule has 0 radical (unpaired) electrons. The molecular formula is C13H20BrN3O. The number of likely N-dealkylation sites (N-methyl/N-ethyl adjacent to an activating group) is 1. The van der Waals surface area contributed by atoms with Crippen LogP contribution in [-0.4, -0.2) is 41.6 Å². The van der Waals surface area contributed by atoms with E-state index in [9.17, 15) is 4.79 Å². The topological polar surface area (TPSA) is 37.3 Å². The van der Waals surface area contributed by atoms with Gasteiger partial charge in [0.05, 0.1) is 0 Å². The van der Waals surface area contributed by atoms with Gasteiger partial charge in [-0.05, 0) is 55.4 Å². The van der Waals surface area contributed by atoms with Crippen molar-refractivity contribution < 1.29 is 4.79 Å². The summed E-state index contributed by atoms with van der Waals surface area (Å²) in [4.78, 5) is 14.4. The van der Waals surface area contributed by atoms with E-state index in [1.165, 1.54) is 6.42 Å². The first-order valence-electron chi connectivity index (χ1n) is 6.22. The number of aryl methyl sites for hydroxylation is 1. The van der Waals surface area contributed by atoms with Crippen LogP contribution in [0.1, 0.15) is 29.8 Å². The van der Waals surface area contributed by atoms with Crippen LogP contribution in [0.2, 0.25) is 0 Å². The van der Waals surface area contributed by atoms with Gasteiger partial charge in [0.2, 0.25) is 0 Å². The van der Waals surface area contributed by atoms with Crippen molar-refractivity contribution in [1.29, 1.82) is 0 Å². The van der Waals surface area contributed by atoms with E-state index in [-0.39, 0.29) is 11.4 Å². The van der Waals surface area contributed by atoms with Crippen LogP contribution in [0.5, 0.6) is 0 Å². The highest BCUT2D eigenvalue weighted by molar-refractivity contribution is 9.10. The van der Waals surface area contributed by atoms with Crippen molar-refractivity contribution in [3.05, 3.63) is 22.4 Å². The second-order valence-corrected chi connectivity index (χ2v) is 6.23. The summed E-state index contributed by atoms with van der Waals surface area (Å²) < 4.78 is 2.77. The molecule has 100 valence electrons. The molecule has 0 aliphatic heterocycles. The molecule has 1 aromatic heterocycles. The molecule has 1 fully saturated rings. The predicted octanol–water partition coefficient (Wildman–Crippen LogP) is 2.00. The van der Waals surface area contributed by atoms with E-state index in [1.807, 2.05) is 23.9 Å². The van der Waals surface area contributed by atoms with Crippen LogP contribution in [0.3, 0.4) is 0 Å². The van der Waals surface area contributed by atoms with Gasteiger partial charge in [0.1, 0.15) is 5.69 Å². The predicted molar refractivity (Wildman–Crippen MR) is 75.7 cm³/mol. The monoisotopic (exact) mass is 313 g/mol. The number of carbonyl (C=O) groups excluding carboxylic acids is 1. The Morgan fingerprint density at radius 3 is 2.61 bits per heavy atom. The molecule has 18 heavy (non-hydrogen) atoms. The minimum Gasteiger partial charge on any atom is -0.349 e. The molecule has 1 amide bonds. The van der Waals surface area contributed by atoms with Gasteiger partial charge in [0.15, 0.2) is 0 Å². The van der Waals surface area contributed by atoms with Crippen molar-refractivity contribution in [2.45, 2.75) is 24.8 Å². The lowest BCUT2D eigenvalue weighted by atomic mass is 9.75. The maximum Gasteiger partial charge on any atom is 0.268 e. The molecule has 2 rings (SSSR count). The second kappa shape index (κ2) is 5.05. The molecule has 0 spiro atoms. The summed E-state index contributed by atoms with van der Waals surface area (Å²) in [6.45, 7) is 0.724. The molecule has 0 unspecified atom stereocenters. The van der Waals surface area contributed by atoms with Gasteiger partial charge in [0.25, 0.3) is 5.91 Å². The Bertz CT molecular complexity index is 449. The Morgan fingerprint density at radius 1 is 1.56 bits per heavy atom. The average molecular weight is 314 g/mol. The Hall–Kier alpha value is -0.810. The van der Waals surface area contributed by atoms with Gasteiger partial charge in [0, 0.05) is 29.8 Å². The average Bonchev–Trinajstić information content (AvgIpc) is 2.55. The highest BCUT2D eigenvalue weighted by Gasteiger charge is 2.39. The Balaban J connectivity index is 1.98. The molecule has 1 heterocycles. The number of hydrogen-bond donors (Lipinski definition) is 1. The third-order valence-electron chi connectivity index (χ3n) is 4.02. The fourth-order valence-corrected chi connectivity index (χ4v) is 2.98. The zero-order valence-corrected chi connectivity index (χ0v) is 12.7. The highest BCUT2D eigenvalue weighted by Crippen LogP contribution is 2.35. The van der Waals surface area contributed by atoms with Crippen LogP contribution in [-0.2, 0) is 7.05 Å². The van der Waals surface area contributed by atoms with Crippen LogP contribution in [0.15, 0.2) is 16.7 Å². The minimum atomic E-state index is -0.00340. The molecule has 5 heteroatoms. The summed E-state index contributed by atoms with van der Waals surface area (Å²) in [5.74, 6) is -0.00340. The highest BCUT2D eigenvalue weighted by atomic mass is 79.9. The van der Waals surface area contributed by atoms with Gasteiger partial charge in [-0.3, -0.25) is 4.79 Å². The van der Waals surface area contributed by atoms with Crippen molar-refractivity contribution in [3.8, 4) is 0 Å². The molecule has 1 aliphatic carbocycles. The number of amides is 1. The van der Waals surface area contributed by atoms with Crippen molar-refractivity contribution in [2.75, 3.05) is 20.6 Å². The zero-order chi connectivity index (χ0) is 13.3. The van der Waals surface area contributed by atoms with Crippen LogP contribution >= 0.6 is 15.9 Å². The van der Waals surface area contributed by atoms with E-state index >= 15 is 0 Å². The van der Waals surface area contributed by atoms with E-state index in [2.05, 4.69) is 40.2 Å². The van der Waals surface area contributed by atoms with E-state index in [1.54, 1.807) is 0 Å². The molecule has 4 nitrogen and oxygen atoms in total. The third kappa shape index (κ3) is 2.47. The summed E-state index contributed by atoms with van der Waals surface area (Å²) in [6.07, 6.45) is 5.47. The van der Waals surface area contributed by atoms with Crippen molar-refractivity contribution in [1.82, 2.24) is 14.8 Å². The van der Waals surface area contributed by atoms with Gasteiger partial charge in [-0.1, -0.05) is 0 Å². The van der Waals surface area contributed by atoms with Crippen molar-refractivity contribution >= 4 is 21.8 Å². The lowest BCUT2D eigenvalue weighted by molar-refractivity contribution is 0.0555. The molecule has 0 saturated heterocycles. The standard InChI is InChI=1S/C13H20BrN3O/c1-16(2)13(5-4-6-13)9-15-12(18)11-7-10(14)8-17(11)3/h7-8H,4-6,9H2,1-3H3,(H,15,18). The lowest BCUT2D eigenvalue weighted by Crippen LogP contribution is -2.57. The molecule has 1 aliphatic rings. The summed E-state index contributed by atoms with van der Waals surface area (Å²) in [6, 6.07) is 1.85. The Kier molecular flexibility index (Phi) is 3.82. The summed E-state index contributed by atoms with van der Waals surface area (Å²) in [5.41, 5.74) is 0.855. The number of rotatable bonds is 4. The summed E-state index contributed by atoms with van der Waals surface area (Å²) >= 11 is 3.38. The van der Waals surface area contributed by atoms with Crippen LogP contribution in [0.25, 0.3) is 0 Å². The molecule has 0 aromatic carbocycles. The molecule has 1 aromatic rings. The Labute approximate surface area is 116 Å². The molecule has 1 saturated carbocycles. The number of halogens is 1. The van der Waals surface area contributed by atoms with Crippen molar-refractivity contribution in [2.24, 2.45) is 7.05 Å². The lowest BCUT2D eigenvalue weighted by Gasteiger charge is -2.47. The molecule has 0 atom stereocenters. The van der Waals surface area contributed by atoms with E-state index < -0.39 is 0 Å². The quantitative estimate of drug-likeness (QED) is 0.923. The number of carbonyl (C=O) groups is 1. The van der Waals surface area contributed by atoms with Gasteiger partial charge in [-0.2, -0.15) is 0 Å². The second-order valence-electron chi connectivity index (χ2n) is 5.31. The first-order chi connectivity index (χ1) is 8.44. The van der Waals surface area contributed by atoms with E-state index in [0.29, 0.717) is 5.69 Å². The maximum absolute atomic E-state index is 12.1. The SMILES string of the molecule is CN(C)C1(CNC(=O)c2cc(Br)cn2C)CCC1. The number of aromatic nitrogens is 1. The summed E-state index contributed by atoms with van der Waals surface area (Å²) in [7, 11) is 6.06. The van der Waals surface area contributed by atoms with Crippen molar-refractivity contribution in [3.63, 3.8) is 0 Å². The number of nitrogens with one attached hydrogen (secondary N) is 1.